The molecule has 0 fully saturated rings. The molecular weight excluding hydrogens is 453 g/mol. The van der Waals surface area contributed by atoms with E-state index in [-0.39, 0.29) is 35.1 Å². The number of hydrogen-bond donors (Lipinski definition) is 2. The third kappa shape index (κ3) is 5.60. The van der Waals surface area contributed by atoms with Crippen LogP contribution >= 0.6 is 11.6 Å². The topological polar surface area (TPSA) is 113 Å². The van der Waals surface area contributed by atoms with Crippen LogP contribution in [0.5, 0.6) is 5.75 Å². The highest BCUT2D eigenvalue weighted by atomic mass is 35.5. The van der Waals surface area contributed by atoms with E-state index in [9.17, 15) is 33.2 Å². The van der Waals surface area contributed by atoms with Gasteiger partial charge >= 0.3 is 6.18 Å². The fourth-order valence-electron chi connectivity index (χ4n) is 3.08. The fraction of sp³-hybridized carbons (Fsp3) is 0.350. The second kappa shape index (κ2) is 10.0. The summed E-state index contributed by atoms with van der Waals surface area (Å²) in [5, 5.41) is 21.8. The molecule has 8 nitrogen and oxygen atoms in total. The van der Waals surface area contributed by atoms with Gasteiger partial charge in [0.2, 0.25) is 0 Å². The lowest BCUT2D eigenvalue weighted by atomic mass is 10.1. The Morgan fingerprint density at radius 1 is 1.19 bits per heavy atom. The van der Waals surface area contributed by atoms with E-state index in [4.69, 9.17) is 17.3 Å². The number of phenolic OH excluding ortho intramolecular Hbond substituents is 1. The Labute approximate surface area is 187 Å². The molecule has 0 bridgehead atoms. The van der Waals surface area contributed by atoms with Crippen molar-refractivity contribution in [1.29, 1.82) is 0 Å². The summed E-state index contributed by atoms with van der Waals surface area (Å²) in [6.45, 7) is 5.18. The van der Waals surface area contributed by atoms with Gasteiger partial charge in [0, 0.05) is 25.2 Å². The molecule has 2 aromatic carbocycles. The van der Waals surface area contributed by atoms with E-state index in [1.54, 1.807) is 0 Å². The van der Waals surface area contributed by atoms with Crippen LogP contribution < -0.4 is 10.6 Å². The van der Waals surface area contributed by atoms with Crippen LogP contribution in [0.25, 0.3) is 0 Å². The number of nitrogen functional groups attached to an aromatic ring is 1. The minimum absolute atomic E-state index is 0.0101. The number of nitrogens with two attached hydrogens (primary N) is 1. The van der Waals surface area contributed by atoms with E-state index < -0.39 is 34.0 Å². The molecule has 0 spiro atoms. The molecule has 0 radical (unpaired) electrons. The number of rotatable bonds is 8. The highest BCUT2D eigenvalue weighted by Gasteiger charge is 2.35. The number of alkyl halides is 3. The number of nitro benzene ring substituents is 1. The summed E-state index contributed by atoms with van der Waals surface area (Å²) in [5.41, 5.74) is 2.87. The molecule has 3 N–H and O–H groups in total. The number of nitro groups is 1. The van der Waals surface area contributed by atoms with Crippen molar-refractivity contribution in [1.82, 2.24) is 4.90 Å². The molecule has 0 aromatic heterocycles. The second-order valence-corrected chi connectivity index (χ2v) is 7.24. The number of nitrogens with zero attached hydrogens (tertiary/aromatic N) is 3. The minimum Gasteiger partial charge on any atom is -0.507 e. The van der Waals surface area contributed by atoms with Gasteiger partial charge in [0.1, 0.15) is 11.4 Å². The SMILES string of the molecule is CCN(CC)CCN(C(=O)c1cc(Cl)c(N)cc1O)c1ccc(C(F)(F)F)cc1[N+](=O)[O-]. The molecule has 1 amide bonds. The minimum atomic E-state index is -4.80. The van der Waals surface area contributed by atoms with Crippen LogP contribution in [0.1, 0.15) is 29.8 Å². The maximum Gasteiger partial charge on any atom is 0.416 e. The number of halogens is 4. The third-order valence-corrected chi connectivity index (χ3v) is 5.24. The predicted molar refractivity (Wildman–Crippen MR) is 115 cm³/mol. The molecule has 0 aliphatic heterocycles. The van der Waals surface area contributed by atoms with E-state index in [1.807, 2.05) is 18.7 Å². The Hall–Kier alpha value is -3.05. The van der Waals surface area contributed by atoms with Crippen molar-refractivity contribution in [2.75, 3.05) is 36.8 Å². The van der Waals surface area contributed by atoms with Gasteiger partial charge in [-0.05, 0) is 31.3 Å². The summed E-state index contributed by atoms with van der Waals surface area (Å²) >= 11 is 5.96. The molecule has 0 heterocycles. The first kappa shape index (κ1) is 25.2. The molecule has 2 rings (SSSR count). The quantitative estimate of drug-likeness (QED) is 0.330. The maximum absolute atomic E-state index is 13.3. The first-order chi connectivity index (χ1) is 14.9. The first-order valence-electron chi connectivity index (χ1n) is 9.58. The fourth-order valence-corrected chi connectivity index (χ4v) is 3.25. The maximum atomic E-state index is 13.3. The summed E-state index contributed by atoms with van der Waals surface area (Å²) in [6, 6.07) is 4.07. The lowest BCUT2D eigenvalue weighted by Crippen LogP contribution is -2.39. The Kier molecular flexibility index (Phi) is 7.92. The molecule has 0 aliphatic rings. The zero-order valence-electron chi connectivity index (χ0n) is 17.3. The van der Waals surface area contributed by atoms with Crippen LogP contribution in [0.2, 0.25) is 5.02 Å². The monoisotopic (exact) mass is 474 g/mol. The average molecular weight is 475 g/mol. The highest BCUT2D eigenvalue weighted by Crippen LogP contribution is 2.38. The third-order valence-electron chi connectivity index (χ3n) is 4.92. The second-order valence-electron chi connectivity index (χ2n) is 6.83. The zero-order valence-corrected chi connectivity index (χ0v) is 18.1. The van der Waals surface area contributed by atoms with Gasteiger partial charge in [0.25, 0.3) is 11.6 Å². The van der Waals surface area contributed by atoms with Crippen molar-refractivity contribution in [3.63, 3.8) is 0 Å². The van der Waals surface area contributed by atoms with E-state index >= 15 is 0 Å². The predicted octanol–water partition coefficient (Wildman–Crippen LogP) is 4.54. The molecule has 0 saturated heterocycles. The standard InChI is InChI=1S/C20H22ClF3N4O4/c1-3-26(4-2)7-8-27(19(30)13-10-14(21)15(25)11-18(13)29)16-6-5-12(20(22,23)24)9-17(16)28(31)32/h5-6,9-11,29H,3-4,7-8,25H2,1-2H3. The number of carbonyl (C=O) groups excluding carboxylic acids is 1. The van der Waals surface area contributed by atoms with E-state index in [1.165, 1.54) is 0 Å². The number of benzene rings is 2. The summed E-state index contributed by atoms with van der Waals surface area (Å²) in [5.74, 6) is -1.39. The van der Waals surface area contributed by atoms with Gasteiger partial charge in [-0.2, -0.15) is 13.2 Å². The number of amides is 1. The largest absolute Gasteiger partial charge is 0.507 e. The van der Waals surface area contributed by atoms with Crippen LogP contribution in [-0.4, -0.2) is 47.0 Å². The van der Waals surface area contributed by atoms with E-state index in [2.05, 4.69) is 0 Å². The lowest BCUT2D eigenvalue weighted by Gasteiger charge is -2.27. The Balaban J connectivity index is 2.63. The molecule has 0 aliphatic carbocycles. The van der Waals surface area contributed by atoms with Crippen molar-refractivity contribution in [2.45, 2.75) is 20.0 Å². The van der Waals surface area contributed by atoms with Crippen molar-refractivity contribution >= 4 is 34.6 Å². The zero-order chi connectivity index (χ0) is 24.2. The van der Waals surface area contributed by atoms with Crippen molar-refractivity contribution in [3.8, 4) is 5.75 Å². The molecule has 0 saturated carbocycles. The van der Waals surface area contributed by atoms with Crippen molar-refractivity contribution in [3.05, 3.63) is 56.6 Å². The van der Waals surface area contributed by atoms with Crippen molar-refractivity contribution < 1.29 is 28.0 Å². The summed E-state index contributed by atoms with van der Waals surface area (Å²) in [4.78, 5) is 26.8. The Bertz CT molecular complexity index is 1010. The highest BCUT2D eigenvalue weighted by molar-refractivity contribution is 6.33. The number of carbonyl (C=O) groups is 1. The van der Waals surface area contributed by atoms with Crippen LogP contribution in [0, 0.1) is 10.1 Å². The molecule has 2 aromatic rings. The van der Waals surface area contributed by atoms with Gasteiger partial charge in [0.15, 0.2) is 0 Å². The van der Waals surface area contributed by atoms with Gasteiger partial charge in [-0.15, -0.1) is 0 Å². The smallest absolute Gasteiger partial charge is 0.416 e. The summed E-state index contributed by atoms with van der Waals surface area (Å²) in [7, 11) is 0. The average Bonchev–Trinajstić information content (AvgIpc) is 2.72. The summed E-state index contributed by atoms with van der Waals surface area (Å²) in [6.07, 6.45) is -4.80. The molecule has 32 heavy (non-hydrogen) atoms. The van der Waals surface area contributed by atoms with Gasteiger partial charge in [-0.25, -0.2) is 0 Å². The van der Waals surface area contributed by atoms with E-state index in [0.717, 1.165) is 23.1 Å². The molecular formula is C20H22ClF3N4O4. The Morgan fingerprint density at radius 2 is 1.81 bits per heavy atom. The van der Waals surface area contributed by atoms with Gasteiger partial charge in [-0.3, -0.25) is 14.9 Å². The van der Waals surface area contributed by atoms with Crippen LogP contribution in [-0.2, 0) is 6.18 Å². The number of hydrogen-bond acceptors (Lipinski definition) is 6. The van der Waals surface area contributed by atoms with Gasteiger partial charge in [0.05, 0.1) is 26.8 Å². The summed E-state index contributed by atoms with van der Waals surface area (Å²) < 4.78 is 39.3. The molecule has 0 atom stereocenters. The molecule has 0 unspecified atom stereocenters. The normalized spacial score (nSPS) is 11.6. The van der Waals surface area contributed by atoms with Crippen LogP contribution in [0.3, 0.4) is 0 Å². The molecule has 174 valence electrons. The van der Waals surface area contributed by atoms with Gasteiger partial charge in [-0.1, -0.05) is 25.4 Å². The number of likely N-dealkylation sites (N-methyl/N-ethyl adjacent to an activating group) is 1. The number of anilines is 2. The number of phenols is 1. The number of aromatic hydroxyl groups is 1. The van der Waals surface area contributed by atoms with Crippen molar-refractivity contribution in [2.24, 2.45) is 0 Å². The van der Waals surface area contributed by atoms with E-state index in [0.29, 0.717) is 25.2 Å². The van der Waals surface area contributed by atoms with Gasteiger partial charge < -0.3 is 20.6 Å². The lowest BCUT2D eigenvalue weighted by molar-refractivity contribution is -0.384. The Morgan fingerprint density at radius 3 is 2.34 bits per heavy atom. The van der Waals surface area contributed by atoms with Crippen LogP contribution in [0.4, 0.5) is 30.2 Å². The van der Waals surface area contributed by atoms with Crippen LogP contribution in [0.15, 0.2) is 30.3 Å². The molecule has 12 heteroatoms. The first-order valence-corrected chi connectivity index (χ1v) is 9.96.